The number of carbonyl (C=O) groups is 1. The summed E-state index contributed by atoms with van der Waals surface area (Å²) in [7, 11) is 3.48. The molecule has 0 unspecified atom stereocenters. The summed E-state index contributed by atoms with van der Waals surface area (Å²) in [5.74, 6) is 1.89. The smallest absolute Gasteiger partial charge is 0.222 e. The van der Waals surface area contributed by atoms with Crippen LogP contribution in [-0.4, -0.2) is 31.6 Å². The average molecular weight is 355 g/mol. The van der Waals surface area contributed by atoms with Crippen LogP contribution in [-0.2, 0) is 11.3 Å². The van der Waals surface area contributed by atoms with E-state index in [2.05, 4.69) is 25.1 Å². The third-order valence-electron chi connectivity index (χ3n) is 4.41. The third kappa shape index (κ3) is 5.80. The first-order valence-corrected chi connectivity index (χ1v) is 9.07. The first-order valence-electron chi connectivity index (χ1n) is 9.07. The SMILES string of the molecule is COc1ccccc1CN(C)C(=O)CCCCOc1cc(C)ccc1C. The summed E-state index contributed by atoms with van der Waals surface area (Å²) >= 11 is 0. The van der Waals surface area contributed by atoms with Crippen LogP contribution in [0.5, 0.6) is 11.5 Å². The van der Waals surface area contributed by atoms with E-state index in [-0.39, 0.29) is 5.91 Å². The van der Waals surface area contributed by atoms with E-state index in [0.717, 1.165) is 35.5 Å². The van der Waals surface area contributed by atoms with Gasteiger partial charge in [0.25, 0.3) is 0 Å². The van der Waals surface area contributed by atoms with Gasteiger partial charge in [0.15, 0.2) is 0 Å². The van der Waals surface area contributed by atoms with Crippen molar-refractivity contribution in [3.8, 4) is 11.5 Å². The first kappa shape index (κ1) is 19.8. The maximum absolute atomic E-state index is 12.3. The number of hydrogen-bond acceptors (Lipinski definition) is 3. The van der Waals surface area contributed by atoms with Gasteiger partial charge in [-0.15, -0.1) is 0 Å². The standard InChI is InChI=1S/C22H29NO3/c1-17-12-13-18(2)21(15-17)26-14-8-7-11-22(24)23(3)16-19-9-5-6-10-20(19)25-4/h5-6,9-10,12-13,15H,7-8,11,14,16H2,1-4H3. The highest BCUT2D eigenvalue weighted by molar-refractivity contribution is 5.75. The van der Waals surface area contributed by atoms with Crippen LogP contribution in [0.2, 0.25) is 0 Å². The van der Waals surface area contributed by atoms with Crippen LogP contribution < -0.4 is 9.47 Å². The van der Waals surface area contributed by atoms with Crippen LogP contribution in [0.25, 0.3) is 0 Å². The van der Waals surface area contributed by atoms with Crippen molar-refractivity contribution < 1.29 is 14.3 Å². The van der Waals surface area contributed by atoms with Crippen molar-refractivity contribution in [1.82, 2.24) is 4.90 Å². The fourth-order valence-corrected chi connectivity index (χ4v) is 2.79. The number of benzene rings is 2. The number of methoxy groups -OCH3 is 1. The lowest BCUT2D eigenvalue weighted by atomic mass is 10.1. The predicted molar refractivity (Wildman–Crippen MR) is 105 cm³/mol. The number of hydrogen-bond donors (Lipinski definition) is 0. The Balaban J connectivity index is 1.72. The van der Waals surface area contributed by atoms with Gasteiger partial charge in [-0.1, -0.05) is 30.3 Å². The molecule has 1 amide bonds. The van der Waals surface area contributed by atoms with Gasteiger partial charge in [-0.3, -0.25) is 4.79 Å². The third-order valence-corrected chi connectivity index (χ3v) is 4.41. The summed E-state index contributed by atoms with van der Waals surface area (Å²) in [6, 6.07) is 14.0. The maximum Gasteiger partial charge on any atom is 0.222 e. The van der Waals surface area contributed by atoms with E-state index in [1.807, 2.05) is 38.2 Å². The van der Waals surface area contributed by atoms with E-state index in [4.69, 9.17) is 9.47 Å². The van der Waals surface area contributed by atoms with E-state index in [1.54, 1.807) is 12.0 Å². The Labute approximate surface area is 156 Å². The molecule has 0 heterocycles. The molecular formula is C22H29NO3. The van der Waals surface area contributed by atoms with E-state index in [9.17, 15) is 4.79 Å². The molecule has 0 saturated heterocycles. The highest BCUT2D eigenvalue weighted by Gasteiger charge is 2.11. The molecular weight excluding hydrogens is 326 g/mol. The number of carbonyl (C=O) groups excluding carboxylic acids is 1. The van der Waals surface area contributed by atoms with Crippen molar-refractivity contribution in [2.75, 3.05) is 20.8 Å². The van der Waals surface area contributed by atoms with Crippen molar-refractivity contribution >= 4 is 5.91 Å². The fraction of sp³-hybridized carbons (Fsp3) is 0.409. The molecule has 2 aromatic rings. The highest BCUT2D eigenvalue weighted by Crippen LogP contribution is 2.20. The Morgan fingerprint density at radius 1 is 1.04 bits per heavy atom. The zero-order valence-electron chi connectivity index (χ0n) is 16.2. The van der Waals surface area contributed by atoms with Gasteiger partial charge >= 0.3 is 0 Å². The minimum Gasteiger partial charge on any atom is -0.496 e. The molecule has 26 heavy (non-hydrogen) atoms. The molecule has 0 saturated carbocycles. The van der Waals surface area contributed by atoms with Crippen LogP contribution in [0.1, 0.15) is 36.0 Å². The molecule has 140 valence electrons. The molecule has 2 rings (SSSR count). The topological polar surface area (TPSA) is 38.8 Å². The Morgan fingerprint density at radius 3 is 2.58 bits per heavy atom. The summed E-state index contributed by atoms with van der Waals surface area (Å²) in [5.41, 5.74) is 3.35. The number of nitrogens with zero attached hydrogens (tertiary/aromatic N) is 1. The molecule has 4 heteroatoms. The van der Waals surface area contributed by atoms with Crippen LogP contribution in [0.15, 0.2) is 42.5 Å². The molecule has 0 N–H and O–H groups in total. The van der Waals surface area contributed by atoms with Gasteiger partial charge < -0.3 is 14.4 Å². The summed E-state index contributed by atoms with van der Waals surface area (Å²) in [6.45, 7) is 5.29. The van der Waals surface area contributed by atoms with Gasteiger partial charge in [0.1, 0.15) is 11.5 Å². The van der Waals surface area contributed by atoms with E-state index >= 15 is 0 Å². The quantitative estimate of drug-likeness (QED) is 0.621. The second-order valence-electron chi connectivity index (χ2n) is 6.64. The second-order valence-corrected chi connectivity index (χ2v) is 6.64. The molecule has 0 aliphatic rings. The zero-order valence-corrected chi connectivity index (χ0v) is 16.2. The average Bonchev–Trinajstić information content (AvgIpc) is 2.64. The monoisotopic (exact) mass is 355 g/mol. The maximum atomic E-state index is 12.3. The normalized spacial score (nSPS) is 10.5. The van der Waals surface area contributed by atoms with Crippen molar-refractivity contribution in [3.63, 3.8) is 0 Å². The zero-order chi connectivity index (χ0) is 18.9. The summed E-state index contributed by atoms with van der Waals surface area (Å²) in [5, 5.41) is 0. The van der Waals surface area contributed by atoms with Crippen molar-refractivity contribution in [2.24, 2.45) is 0 Å². The largest absolute Gasteiger partial charge is 0.496 e. The molecule has 0 spiro atoms. The van der Waals surface area contributed by atoms with Gasteiger partial charge in [0.05, 0.1) is 13.7 Å². The minimum absolute atomic E-state index is 0.141. The number of amides is 1. The molecule has 2 aromatic carbocycles. The highest BCUT2D eigenvalue weighted by atomic mass is 16.5. The predicted octanol–water partition coefficient (Wildman–Crippen LogP) is 4.52. The lowest BCUT2D eigenvalue weighted by Gasteiger charge is -2.19. The van der Waals surface area contributed by atoms with E-state index in [1.165, 1.54) is 5.56 Å². The molecule has 0 bridgehead atoms. The van der Waals surface area contributed by atoms with Crippen molar-refractivity contribution in [2.45, 2.75) is 39.7 Å². The van der Waals surface area contributed by atoms with Gasteiger partial charge in [0, 0.05) is 25.6 Å². The fourth-order valence-electron chi connectivity index (χ4n) is 2.79. The summed E-state index contributed by atoms with van der Waals surface area (Å²) < 4.78 is 11.2. The number of para-hydroxylation sites is 1. The van der Waals surface area contributed by atoms with Crippen LogP contribution in [0.3, 0.4) is 0 Å². The molecule has 0 aromatic heterocycles. The van der Waals surface area contributed by atoms with Gasteiger partial charge in [-0.25, -0.2) is 0 Å². The number of unbranched alkanes of at least 4 members (excludes halogenated alkanes) is 1. The lowest BCUT2D eigenvalue weighted by Crippen LogP contribution is -2.26. The van der Waals surface area contributed by atoms with Crippen molar-refractivity contribution in [3.05, 3.63) is 59.2 Å². The van der Waals surface area contributed by atoms with Crippen molar-refractivity contribution in [1.29, 1.82) is 0 Å². The van der Waals surface area contributed by atoms with Gasteiger partial charge in [0.2, 0.25) is 5.91 Å². The van der Waals surface area contributed by atoms with Crippen LogP contribution in [0, 0.1) is 13.8 Å². The second kappa shape index (κ2) is 9.85. The molecule has 0 aliphatic heterocycles. The number of ether oxygens (including phenoxy) is 2. The van der Waals surface area contributed by atoms with Gasteiger partial charge in [-0.05, 0) is 49.9 Å². The molecule has 0 fully saturated rings. The number of rotatable bonds is 9. The Kier molecular flexibility index (Phi) is 7.52. The summed E-state index contributed by atoms with van der Waals surface area (Å²) in [4.78, 5) is 14.1. The van der Waals surface area contributed by atoms with Crippen LogP contribution >= 0.6 is 0 Å². The molecule has 4 nitrogen and oxygen atoms in total. The molecule has 0 aliphatic carbocycles. The van der Waals surface area contributed by atoms with Crippen LogP contribution in [0.4, 0.5) is 0 Å². The lowest BCUT2D eigenvalue weighted by molar-refractivity contribution is -0.130. The Bertz CT molecular complexity index is 727. The minimum atomic E-state index is 0.141. The Morgan fingerprint density at radius 2 is 1.81 bits per heavy atom. The number of aryl methyl sites for hydroxylation is 2. The first-order chi connectivity index (χ1) is 12.5. The molecule has 0 atom stereocenters. The van der Waals surface area contributed by atoms with Gasteiger partial charge in [-0.2, -0.15) is 0 Å². The van der Waals surface area contributed by atoms with E-state index < -0.39 is 0 Å². The molecule has 0 radical (unpaired) electrons. The summed E-state index contributed by atoms with van der Waals surface area (Å²) in [6.07, 6.45) is 2.21. The van der Waals surface area contributed by atoms with E-state index in [0.29, 0.717) is 19.6 Å². The Hall–Kier alpha value is -2.49.